The smallest absolute Gasteiger partial charge is 0.151 e. The molecule has 0 aliphatic carbocycles. The molecule has 0 fully saturated rings. The normalized spacial score (nSPS) is 11.8. The zero-order valence-corrected chi connectivity index (χ0v) is 16.6. The average molecular weight is 366 g/mol. The van der Waals surface area contributed by atoms with Gasteiger partial charge in [0.2, 0.25) is 0 Å². The summed E-state index contributed by atoms with van der Waals surface area (Å²) in [5, 5.41) is 9.83. The number of para-hydroxylation sites is 2. The first-order chi connectivity index (χ1) is 13.5. The SMILES string of the molecule is Cc1ccc(-n2c(C)cc(/C=C(\C#N)c3nc4ccccc4n3C)c2C)cc1. The summed E-state index contributed by atoms with van der Waals surface area (Å²) >= 11 is 0. The second-order valence-electron chi connectivity index (χ2n) is 7.15. The molecular formula is C24H22N4. The molecule has 2 heterocycles. The standard InChI is InChI=1S/C24H22N4/c1-16-9-11-21(12-10-16)28-17(2)13-19(18(28)3)14-20(15-25)24-26-22-7-5-6-8-23(22)27(24)4/h5-14H,1-4H3/b20-14+. The molecule has 28 heavy (non-hydrogen) atoms. The van der Waals surface area contributed by atoms with E-state index in [0.717, 1.165) is 33.7 Å². The molecule has 0 unspecified atom stereocenters. The van der Waals surface area contributed by atoms with E-state index >= 15 is 0 Å². The van der Waals surface area contributed by atoms with Gasteiger partial charge in [-0.3, -0.25) is 0 Å². The maximum absolute atomic E-state index is 9.83. The molecule has 2 aromatic carbocycles. The molecule has 4 rings (SSSR count). The van der Waals surface area contributed by atoms with Gasteiger partial charge < -0.3 is 9.13 Å². The molecule has 4 nitrogen and oxygen atoms in total. The molecule has 0 atom stereocenters. The first-order valence-corrected chi connectivity index (χ1v) is 9.29. The van der Waals surface area contributed by atoms with Gasteiger partial charge in [-0.05, 0) is 62.7 Å². The van der Waals surface area contributed by atoms with Crippen LogP contribution in [0.2, 0.25) is 0 Å². The summed E-state index contributed by atoms with van der Waals surface area (Å²) in [7, 11) is 1.95. The van der Waals surface area contributed by atoms with E-state index in [-0.39, 0.29) is 0 Å². The number of imidazole rings is 1. The number of benzene rings is 2. The minimum absolute atomic E-state index is 0.558. The van der Waals surface area contributed by atoms with Crippen molar-refractivity contribution >= 4 is 22.7 Å². The van der Waals surface area contributed by atoms with Gasteiger partial charge in [-0.15, -0.1) is 0 Å². The minimum atomic E-state index is 0.558. The number of aromatic nitrogens is 3. The van der Waals surface area contributed by atoms with Crippen molar-refractivity contribution in [1.29, 1.82) is 5.26 Å². The molecule has 0 amide bonds. The third-order valence-corrected chi connectivity index (χ3v) is 5.21. The fourth-order valence-electron chi connectivity index (χ4n) is 3.71. The van der Waals surface area contributed by atoms with Crippen molar-refractivity contribution < 1.29 is 0 Å². The van der Waals surface area contributed by atoms with E-state index < -0.39 is 0 Å². The van der Waals surface area contributed by atoms with Crippen molar-refractivity contribution in [2.75, 3.05) is 0 Å². The van der Waals surface area contributed by atoms with Crippen LogP contribution in [-0.4, -0.2) is 14.1 Å². The van der Waals surface area contributed by atoms with E-state index in [2.05, 4.69) is 66.7 Å². The Morgan fingerprint density at radius 2 is 1.75 bits per heavy atom. The molecule has 0 bridgehead atoms. The molecule has 4 heteroatoms. The Morgan fingerprint density at radius 3 is 2.43 bits per heavy atom. The lowest BCUT2D eigenvalue weighted by atomic mass is 10.1. The number of nitriles is 1. The van der Waals surface area contributed by atoms with E-state index in [0.29, 0.717) is 11.4 Å². The number of hydrogen-bond acceptors (Lipinski definition) is 2. The lowest BCUT2D eigenvalue weighted by Gasteiger charge is -2.10. The Bertz CT molecular complexity index is 1240. The van der Waals surface area contributed by atoms with Crippen molar-refractivity contribution in [3.8, 4) is 11.8 Å². The summed E-state index contributed by atoms with van der Waals surface area (Å²) in [6.07, 6.45) is 1.94. The van der Waals surface area contributed by atoms with Crippen molar-refractivity contribution in [2.45, 2.75) is 20.8 Å². The largest absolute Gasteiger partial charge is 0.327 e. The molecular weight excluding hydrogens is 344 g/mol. The monoisotopic (exact) mass is 366 g/mol. The van der Waals surface area contributed by atoms with Crippen molar-refractivity contribution in [3.05, 3.63) is 82.9 Å². The summed E-state index contributed by atoms with van der Waals surface area (Å²) in [6, 6.07) is 20.9. The van der Waals surface area contributed by atoms with Gasteiger partial charge in [-0.2, -0.15) is 5.26 Å². The van der Waals surface area contributed by atoms with Crippen LogP contribution in [0.5, 0.6) is 0 Å². The number of aryl methyl sites for hydroxylation is 3. The average Bonchev–Trinajstić information content (AvgIpc) is 3.17. The lowest BCUT2D eigenvalue weighted by molar-refractivity contribution is 0.925. The highest BCUT2D eigenvalue weighted by atomic mass is 15.1. The highest BCUT2D eigenvalue weighted by Crippen LogP contribution is 2.26. The topological polar surface area (TPSA) is 46.5 Å². The molecule has 2 aromatic heterocycles. The first-order valence-electron chi connectivity index (χ1n) is 9.29. The van der Waals surface area contributed by atoms with E-state index in [1.807, 2.05) is 42.0 Å². The van der Waals surface area contributed by atoms with Crippen molar-refractivity contribution in [3.63, 3.8) is 0 Å². The Labute approximate surface area is 165 Å². The maximum atomic E-state index is 9.83. The van der Waals surface area contributed by atoms with Crippen LogP contribution in [0.4, 0.5) is 0 Å². The van der Waals surface area contributed by atoms with Gasteiger partial charge in [0, 0.05) is 24.1 Å². The summed E-state index contributed by atoms with van der Waals surface area (Å²) < 4.78 is 4.19. The zero-order valence-electron chi connectivity index (χ0n) is 16.6. The molecule has 0 saturated carbocycles. The zero-order chi connectivity index (χ0) is 19.8. The minimum Gasteiger partial charge on any atom is -0.327 e. The number of fused-ring (bicyclic) bond motifs is 1. The van der Waals surface area contributed by atoms with Crippen LogP contribution in [0.3, 0.4) is 0 Å². The maximum Gasteiger partial charge on any atom is 0.151 e. The number of nitrogens with zero attached hydrogens (tertiary/aromatic N) is 4. The molecule has 0 saturated heterocycles. The van der Waals surface area contributed by atoms with Crippen LogP contribution in [-0.2, 0) is 7.05 Å². The Morgan fingerprint density at radius 1 is 1.04 bits per heavy atom. The van der Waals surface area contributed by atoms with Gasteiger partial charge in [-0.25, -0.2) is 4.98 Å². The fourth-order valence-corrected chi connectivity index (χ4v) is 3.71. The third-order valence-electron chi connectivity index (χ3n) is 5.21. The first kappa shape index (κ1) is 17.8. The van der Waals surface area contributed by atoms with Crippen LogP contribution >= 0.6 is 0 Å². The third kappa shape index (κ3) is 2.91. The summed E-state index contributed by atoms with van der Waals surface area (Å²) in [5.41, 5.74) is 8.10. The van der Waals surface area contributed by atoms with Crippen LogP contribution in [0.15, 0.2) is 54.6 Å². The molecule has 0 radical (unpaired) electrons. The Hall–Kier alpha value is -3.58. The predicted octanol–water partition coefficient (Wildman–Crippen LogP) is 5.35. The number of allylic oxidation sites excluding steroid dienone is 1. The van der Waals surface area contributed by atoms with E-state index in [1.54, 1.807) is 0 Å². The van der Waals surface area contributed by atoms with E-state index in [1.165, 1.54) is 5.56 Å². The van der Waals surface area contributed by atoms with Crippen LogP contribution < -0.4 is 0 Å². The quantitative estimate of drug-likeness (QED) is 0.459. The molecule has 0 aliphatic rings. The van der Waals surface area contributed by atoms with Crippen LogP contribution in [0, 0.1) is 32.1 Å². The van der Waals surface area contributed by atoms with Gasteiger partial charge in [-0.1, -0.05) is 29.8 Å². The van der Waals surface area contributed by atoms with Crippen LogP contribution in [0.1, 0.15) is 28.3 Å². The van der Waals surface area contributed by atoms with E-state index in [9.17, 15) is 5.26 Å². The van der Waals surface area contributed by atoms with Gasteiger partial charge in [0.15, 0.2) is 5.82 Å². The highest BCUT2D eigenvalue weighted by Gasteiger charge is 2.14. The van der Waals surface area contributed by atoms with Gasteiger partial charge in [0.1, 0.15) is 6.07 Å². The van der Waals surface area contributed by atoms with Crippen molar-refractivity contribution in [1.82, 2.24) is 14.1 Å². The second-order valence-corrected chi connectivity index (χ2v) is 7.15. The molecule has 4 aromatic rings. The predicted molar refractivity (Wildman–Crippen MR) is 114 cm³/mol. The molecule has 0 N–H and O–H groups in total. The summed E-state index contributed by atoms with van der Waals surface area (Å²) in [6.45, 7) is 6.26. The van der Waals surface area contributed by atoms with E-state index in [4.69, 9.17) is 0 Å². The van der Waals surface area contributed by atoms with Gasteiger partial charge in [0.05, 0.1) is 16.6 Å². The molecule has 0 aliphatic heterocycles. The summed E-state index contributed by atoms with van der Waals surface area (Å²) in [4.78, 5) is 4.67. The number of hydrogen-bond donors (Lipinski definition) is 0. The van der Waals surface area contributed by atoms with Gasteiger partial charge >= 0.3 is 0 Å². The lowest BCUT2D eigenvalue weighted by Crippen LogP contribution is -1.99. The Balaban J connectivity index is 1.83. The number of rotatable bonds is 3. The molecule has 138 valence electrons. The van der Waals surface area contributed by atoms with Gasteiger partial charge in [0.25, 0.3) is 0 Å². The Kier molecular flexibility index (Phi) is 4.37. The van der Waals surface area contributed by atoms with Crippen molar-refractivity contribution in [2.24, 2.45) is 7.05 Å². The molecule has 0 spiro atoms. The fraction of sp³-hybridized carbons (Fsp3) is 0.167. The van der Waals surface area contributed by atoms with Crippen LogP contribution in [0.25, 0.3) is 28.4 Å². The second kappa shape index (κ2) is 6.86. The summed E-state index contributed by atoms with van der Waals surface area (Å²) in [5.74, 6) is 0.684. The highest BCUT2D eigenvalue weighted by molar-refractivity contribution is 5.91.